The van der Waals surface area contributed by atoms with E-state index in [4.69, 9.17) is 4.42 Å². The molecule has 1 unspecified atom stereocenters. The molecule has 1 aliphatic rings. The van der Waals surface area contributed by atoms with Crippen molar-refractivity contribution in [2.45, 2.75) is 25.9 Å². The molecular weight excluding hydrogens is 462 g/mol. The predicted molar refractivity (Wildman–Crippen MR) is 127 cm³/mol. The third kappa shape index (κ3) is 5.58. The molecule has 0 bridgehead atoms. The molecule has 1 atom stereocenters. The normalized spacial score (nSPS) is 17.3. The van der Waals surface area contributed by atoms with Crippen LogP contribution in [0.5, 0.6) is 0 Å². The van der Waals surface area contributed by atoms with E-state index in [1.165, 1.54) is 40.4 Å². The molecule has 3 heterocycles. The minimum Gasteiger partial charge on any atom is -0.467 e. The highest BCUT2D eigenvalue weighted by Crippen LogP contribution is 2.29. The lowest BCUT2D eigenvalue weighted by molar-refractivity contribution is -0.128. The van der Waals surface area contributed by atoms with Crippen LogP contribution in [0.25, 0.3) is 6.08 Å². The topological polar surface area (TPSA) is 101 Å². The number of aromatic nitrogens is 1. The van der Waals surface area contributed by atoms with Crippen LogP contribution < -0.4 is 4.90 Å². The Hall–Kier alpha value is -3.24. The second-order valence-electron chi connectivity index (χ2n) is 7.68. The van der Waals surface area contributed by atoms with Crippen molar-refractivity contribution in [1.82, 2.24) is 9.88 Å². The van der Waals surface area contributed by atoms with Crippen molar-refractivity contribution in [3.8, 4) is 0 Å². The summed E-state index contributed by atoms with van der Waals surface area (Å²) in [6.07, 6.45) is 4.87. The summed E-state index contributed by atoms with van der Waals surface area (Å²) in [6, 6.07) is 12.3. The van der Waals surface area contributed by atoms with Gasteiger partial charge in [0.2, 0.25) is 11.8 Å². The Kier molecular flexibility index (Phi) is 6.75. The molecule has 1 fully saturated rings. The van der Waals surface area contributed by atoms with Crippen molar-refractivity contribution in [3.05, 3.63) is 71.6 Å². The van der Waals surface area contributed by atoms with Crippen molar-refractivity contribution in [2.75, 3.05) is 16.4 Å². The molecule has 0 radical (unpaired) electrons. The van der Waals surface area contributed by atoms with Crippen LogP contribution in [0.1, 0.15) is 24.8 Å². The Morgan fingerprint density at radius 3 is 2.64 bits per heavy atom. The number of nitrogens with zero attached hydrogens (tertiary/aromatic N) is 3. The van der Waals surface area contributed by atoms with Crippen LogP contribution >= 0.6 is 11.3 Å². The van der Waals surface area contributed by atoms with Crippen molar-refractivity contribution in [2.24, 2.45) is 0 Å². The quantitative estimate of drug-likeness (QED) is 0.474. The summed E-state index contributed by atoms with van der Waals surface area (Å²) in [6.45, 7) is 1.65. The lowest BCUT2D eigenvalue weighted by Gasteiger charge is -2.26. The van der Waals surface area contributed by atoms with Crippen molar-refractivity contribution < 1.29 is 22.4 Å². The second kappa shape index (κ2) is 9.72. The van der Waals surface area contributed by atoms with Gasteiger partial charge in [-0.3, -0.25) is 14.5 Å². The summed E-state index contributed by atoms with van der Waals surface area (Å²) in [4.78, 5) is 32.8. The first-order valence-electron chi connectivity index (χ1n) is 10.4. The minimum absolute atomic E-state index is 0.0568. The predicted octanol–water partition coefficient (Wildman–Crippen LogP) is 3.65. The molecule has 1 saturated heterocycles. The largest absolute Gasteiger partial charge is 0.467 e. The van der Waals surface area contributed by atoms with Crippen molar-refractivity contribution >= 4 is 49.9 Å². The summed E-state index contributed by atoms with van der Waals surface area (Å²) in [5.41, 5.74) is 1.24. The van der Waals surface area contributed by atoms with Crippen LogP contribution in [-0.4, -0.2) is 47.7 Å². The first kappa shape index (κ1) is 22.9. The molecule has 2 aromatic heterocycles. The summed E-state index contributed by atoms with van der Waals surface area (Å²) in [5, 5.41) is 2.25. The third-order valence-electron chi connectivity index (χ3n) is 5.27. The van der Waals surface area contributed by atoms with Gasteiger partial charge in [0.15, 0.2) is 15.0 Å². The maximum Gasteiger partial charge on any atom is 0.247 e. The maximum atomic E-state index is 13.0. The zero-order valence-electron chi connectivity index (χ0n) is 18.0. The molecule has 4 rings (SSSR count). The van der Waals surface area contributed by atoms with Gasteiger partial charge in [-0.15, -0.1) is 11.3 Å². The van der Waals surface area contributed by atoms with Gasteiger partial charge in [0.1, 0.15) is 5.76 Å². The van der Waals surface area contributed by atoms with Crippen LogP contribution in [0.2, 0.25) is 0 Å². The Balaban J connectivity index is 1.52. The number of para-hydroxylation sites is 1. The van der Waals surface area contributed by atoms with Gasteiger partial charge in [-0.05, 0) is 36.8 Å². The minimum atomic E-state index is -3.16. The summed E-state index contributed by atoms with van der Waals surface area (Å²) in [7, 11) is -3.16. The van der Waals surface area contributed by atoms with Gasteiger partial charge < -0.3 is 9.32 Å². The molecule has 1 aliphatic heterocycles. The van der Waals surface area contributed by atoms with E-state index in [1.807, 2.05) is 30.3 Å². The Morgan fingerprint density at radius 1 is 1.21 bits per heavy atom. The first-order chi connectivity index (χ1) is 15.8. The fraction of sp³-hybridized carbons (Fsp3) is 0.261. The van der Waals surface area contributed by atoms with Crippen molar-refractivity contribution in [3.63, 3.8) is 0 Å². The summed E-state index contributed by atoms with van der Waals surface area (Å²) in [5.74, 6) is 0.0958. The number of hydrogen-bond donors (Lipinski definition) is 0. The fourth-order valence-electron chi connectivity index (χ4n) is 3.69. The standard InChI is InChI=1S/C23H23N3O5S2/c1-17(27)26(19-6-3-2-4-7-19)23-24-18(15-32-23)9-10-22(28)25(14-21-8-5-12-31-21)20-11-13-33(29,30)16-20/h2-10,12,15,20H,11,13-14,16H2,1H3. The molecule has 0 N–H and O–H groups in total. The smallest absolute Gasteiger partial charge is 0.247 e. The highest BCUT2D eigenvalue weighted by Gasteiger charge is 2.34. The molecule has 8 nitrogen and oxygen atoms in total. The number of hydrogen-bond acceptors (Lipinski definition) is 7. The van der Waals surface area contributed by atoms with Crippen LogP contribution in [0.3, 0.4) is 0 Å². The molecule has 10 heteroatoms. The molecule has 3 aromatic rings. The molecule has 172 valence electrons. The van der Waals surface area contributed by atoms with Crippen LogP contribution in [0.4, 0.5) is 10.8 Å². The number of carbonyl (C=O) groups is 2. The van der Waals surface area contributed by atoms with E-state index >= 15 is 0 Å². The zero-order chi connectivity index (χ0) is 23.4. The lowest BCUT2D eigenvalue weighted by Crippen LogP contribution is -2.39. The third-order valence-corrected chi connectivity index (χ3v) is 7.86. The number of benzene rings is 1. The number of rotatable bonds is 7. The van der Waals surface area contributed by atoms with Gasteiger partial charge in [-0.2, -0.15) is 0 Å². The van der Waals surface area contributed by atoms with Gasteiger partial charge in [0, 0.05) is 24.4 Å². The molecule has 2 amide bonds. The average Bonchev–Trinajstić information content (AvgIpc) is 3.53. The highest BCUT2D eigenvalue weighted by molar-refractivity contribution is 7.91. The maximum absolute atomic E-state index is 13.0. The number of furan rings is 1. The van der Waals surface area contributed by atoms with Gasteiger partial charge in [0.05, 0.1) is 35.7 Å². The summed E-state index contributed by atoms with van der Waals surface area (Å²) >= 11 is 1.29. The van der Waals surface area contributed by atoms with Crippen LogP contribution in [-0.2, 0) is 26.0 Å². The molecule has 0 spiro atoms. The number of anilines is 2. The van der Waals surface area contributed by atoms with E-state index in [2.05, 4.69) is 4.98 Å². The van der Waals surface area contributed by atoms with E-state index in [0.717, 1.165) is 0 Å². The van der Waals surface area contributed by atoms with Gasteiger partial charge in [-0.25, -0.2) is 13.4 Å². The lowest BCUT2D eigenvalue weighted by atomic mass is 10.2. The Labute approximate surface area is 196 Å². The molecule has 0 saturated carbocycles. The zero-order valence-corrected chi connectivity index (χ0v) is 19.6. The molecule has 33 heavy (non-hydrogen) atoms. The monoisotopic (exact) mass is 485 g/mol. The molecular formula is C23H23N3O5S2. The summed E-state index contributed by atoms with van der Waals surface area (Å²) < 4.78 is 29.3. The number of amides is 2. The van der Waals surface area contributed by atoms with Gasteiger partial charge in [0.25, 0.3) is 0 Å². The Morgan fingerprint density at radius 2 is 2.00 bits per heavy atom. The van der Waals surface area contributed by atoms with E-state index in [-0.39, 0.29) is 29.9 Å². The SMILES string of the molecule is CC(=O)N(c1ccccc1)c1nc(C=CC(=O)N(Cc2ccco2)C2CCS(=O)(=O)C2)cs1. The van der Waals surface area contributed by atoms with Crippen LogP contribution in [0, 0.1) is 0 Å². The van der Waals surface area contributed by atoms with Crippen LogP contribution in [0.15, 0.2) is 64.6 Å². The van der Waals surface area contributed by atoms with E-state index in [9.17, 15) is 18.0 Å². The molecule has 0 aliphatic carbocycles. The van der Waals surface area contributed by atoms with Crippen molar-refractivity contribution in [1.29, 1.82) is 0 Å². The number of carbonyl (C=O) groups excluding carboxylic acids is 2. The molecule has 1 aromatic carbocycles. The highest BCUT2D eigenvalue weighted by atomic mass is 32.2. The second-order valence-corrected chi connectivity index (χ2v) is 10.7. The van der Waals surface area contributed by atoms with Gasteiger partial charge >= 0.3 is 0 Å². The number of sulfone groups is 1. The fourth-order valence-corrected chi connectivity index (χ4v) is 6.28. The number of thiazole rings is 1. The Bertz CT molecular complexity index is 1250. The van der Waals surface area contributed by atoms with E-state index in [1.54, 1.807) is 23.6 Å². The van der Waals surface area contributed by atoms with Gasteiger partial charge in [-0.1, -0.05) is 18.2 Å². The van der Waals surface area contributed by atoms with E-state index < -0.39 is 15.9 Å². The van der Waals surface area contributed by atoms with E-state index in [0.29, 0.717) is 28.7 Å². The average molecular weight is 486 g/mol. The first-order valence-corrected chi connectivity index (χ1v) is 13.1.